The van der Waals surface area contributed by atoms with Gasteiger partial charge in [0.2, 0.25) is 0 Å². The first-order valence-corrected chi connectivity index (χ1v) is 22.8. The van der Waals surface area contributed by atoms with Gasteiger partial charge in [0.15, 0.2) is 0 Å². The predicted molar refractivity (Wildman–Crippen MR) is 241 cm³/mol. The highest BCUT2D eigenvalue weighted by atomic mass is 32.2. The minimum atomic E-state index is -4.73. The Morgan fingerprint density at radius 1 is 0.429 bits per heavy atom. The highest BCUT2D eigenvalue weighted by Gasteiger charge is 2.23. The molecule has 0 heterocycles. The molecular formula is C37H40N8O14S4. The first kappa shape index (κ1) is 48.6. The van der Waals surface area contributed by atoms with Gasteiger partial charge in [0.25, 0.3) is 40.5 Å². The van der Waals surface area contributed by atoms with Crippen LogP contribution in [0.1, 0.15) is 0 Å². The molecule has 0 saturated carbocycles. The van der Waals surface area contributed by atoms with E-state index in [1.807, 2.05) is 0 Å². The second kappa shape index (κ2) is 18.1. The molecule has 7 aromatic rings. The van der Waals surface area contributed by atoms with E-state index in [1.165, 1.54) is 31.4 Å². The molecular weight excluding hydrogens is 909 g/mol. The molecule has 0 unspecified atom stereocenters. The largest absolute Gasteiger partial charge is 0.505 e. The van der Waals surface area contributed by atoms with Gasteiger partial charge >= 0.3 is 0 Å². The highest BCUT2D eigenvalue weighted by Crippen LogP contribution is 2.39. The number of anilines is 8. The second-order valence-electron chi connectivity index (χ2n) is 13.1. The first-order chi connectivity index (χ1) is 28.9. The SMILES string of the molecule is COc1cc(N)c(N)cc1N.Nc1cc2c(O)c(N)c(S(=O)(=O)O)cc2cc1S(=O)(=O)O.Nc1ccc(N)c2cc(S(=O)(=O)O)ccc12.Nc1ccc2c(S(=O)(=O)O)cccc2c1. The number of phenols is 1. The molecule has 0 bridgehead atoms. The van der Waals surface area contributed by atoms with Crippen molar-refractivity contribution >= 4 is 118 Å². The molecule has 7 rings (SSSR count). The van der Waals surface area contributed by atoms with Crippen LogP contribution in [0.5, 0.6) is 11.5 Å². The summed E-state index contributed by atoms with van der Waals surface area (Å²) >= 11 is 0. The van der Waals surface area contributed by atoms with E-state index in [0.29, 0.717) is 61.4 Å². The van der Waals surface area contributed by atoms with Crippen LogP contribution in [0.4, 0.5) is 45.5 Å². The van der Waals surface area contributed by atoms with Crippen molar-refractivity contribution in [2.45, 2.75) is 19.6 Å². The van der Waals surface area contributed by atoms with Gasteiger partial charge in [-0.2, -0.15) is 33.7 Å². The number of rotatable bonds is 5. The Kier molecular flexibility index (Phi) is 14.0. The fraction of sp³-hybridized carbons (Fsp3) is 0.0270. The lowest BCUT2D eigenvalue weighted by molar-refractivity contribution is 0.417. The molecule has 0 atom stereocenters. The Labute approximate surface area is 359 Å². The lowest BCUT2D eigenvalue weighted by atomic mass is 10.1. The van der Waals surface area contributed by atoms with E-state index in [1.54, 1.807) is 54.6 Å². The van der Waals surface area contributed by atoms with Gasteiger partial charge in [-0.1, -0.05) is 24.3 Å². The Morgan fingerprint density at radius 3 is 1.52 bits per heavy atom. The van der Waals surface area contributed by atoms with Gasteiger partial charge in [0.1, 0.15) is 26.2 Å². The number of methoxy groups -OCH3 is 1. The molecule has 0 aliphatic heterocycles. The standard InChI is InChI=1S/C10H10N2O7S2.C10H10N2O3S.C10H9NO3S.C7H11N3O/c11-6-3-5-4(1-7(6)20(14,15)16)2-8(21(17,18)19)9(12)10(5)13;11-9-3-4-10(12)8-5-6(16(13,14)15)1-2-7(8)9;11-8-4-5-9-7(6-8)2-1-3-10(9)15(12,13)14;1-11-7-3-5(9)4(8)2-6(7)10/h1-3,13H,11-12H2,(H,14,15,16)(H,17,18,19);1-5H,11-12H2,(H,13,14,15);1-6H,11H2,(H,12,13,14);2-3H,8-10H2,1H3. The maximum atomic E-state index is 11.2. The first-order valence-electron chi connectivity index (χ1n) is 17.0. The summed E-state index contributed by atoms with van der Waals surface area (Å²) in [4.78, 5) is -1.75. The lowest BCUT2D eigenvalue weighted by Crippen LogP contribution is -2.06. The van der Waals surface area contributed by atoms with Crippen LogP contribution >= 0.6 is 0 Å². The van der Waals surface area contributed by atoms with Gasteiger partial charge in [0, 0.05) is 44.7 Å². The van der Waals surface area contributed by atoms with Crippen LogP contribution in [-0.4, -0.2) is 64.1 Å². The number of benzene rings is 7. The van der Waals surface area contributed by atoms with Gasteiger partial charge in [-0.25, -0.2) is 0 Å². The summed E-state index contributed by atoms with van der Waals surface area (Å²) < 4.78 is 130. The zero-order chi connectivity index (χ0) is 47.6. The van der Waals surface area contributed by atoms with Crippen molar-refractivity contribution in [1.29, 1.82) is 0 Å². The molecule has 26 heteroatoms. The molecule has 0 fully saturated rings. The average Bonchev–Trinajstić information content (AvgIpc) is 3.18. The quantitative estimate of drug-likeness (QED) is 0.0666. The van der Waals surface area contributed by atoms with E-state index in [9.17, 15) is 38.8 Å². The number of hydrogen-bond donors (Lipinski definition) is 13. The van der Waals surface area contributed by atoms with Crippen molar-refractivity contribution in [3.8, 4) is 11.5 Å². The fourth-order valence-corrected chi connectivity index (χ4v) is 8.20. The number of aromatic hydroxyl groups is 1. The van der Waals surface area contributed by atoms with Crippen LogP contribution in [0.3, 0.4) is 0 Å². The summed E-state index contributed by atoms with van der Waals surface area (Å²) in [6, 6.07) is 22.7. The zero-order valence-corrected chi connectivity index (χ0v) is 35.7. The van der Waals surface area contributed by atoms with Crippen molar-refractivity contribution in [2.24, 2.45) is 0 Å². The van der Waals surface area contributed by atoms with E-state index in [0.717, 1.165) is 18.2 Å². The molecule has 0 aromatic heterocycles. The Bertz CT molecular complexity index is 3390. The molecule has 21 N–H and O–H groups in total. The second-order valence-corrected chi connectivity index (χ2v) is 18.7. The molecule has 0 amide bonds. The highest BCUT2D eigenvalue weighted by molar-refractivity contribution is 7.86. The van der Waals surface area contributed by atoms with Crippen molar-refractivity contribution in [3.63, 3.8) is 0 Å². The van der Waals surface area contributed by atoms with Crippen LogP contribution < -0.4 is 50.6 Å². The third kappa shape index (κ3) is 11.5. The number of fused-ring (bicyclic) bond motifs is 3. The third-order valence-electron chi connectivity index (χ3n) is 8.73. The van der Waals surface area contributed by atoms with E-state index in [-0.39, 0.29) is 26.3 Å². The molecule has 0 saturated heterocycles. The summed E-state index contributed by atoms with van der Waals surface area (Å²) in [5.41, 5.74) is 46.3. The average molecular weight is 949 g/mol. The van der Waals surface area contributed by atoms with Crippen LogP contribution in [0.25, 0.3) is 32.3 Å². The van der Waals surface area contributed by atoms with Crippen LogP contribution in [-0.2, 0) is 40.5 Å². The molecule has 63 heavy (non-hydrogen) atoms. The van der Waals surface area contributed by atoms with E-state index < -0.39 is 61.7 Å². The zero-order valence-electron chi connectivity index (χ0n) is 32.4. The van der Waals surface area contributed by atoms with Gasteiger partial charge < -0.3 is 55.7 Å². The molecule has 336 valence electrons. The van der Waals surface area contributed by atoms with Crippen molar-refractivity contribution in [1.82, 2.24) is 0 Å². The molecule has 0 aliphatic carbocycles. The van der Waals surface area contributed by atoms with Crippen LogP contribution in [0, 0.1) is 0 Å². The van der Waals surface area contributed by atoms with Gasteiger partial charge in [-0.3, -0.25) is 18.2 Å². The number of nitrogen functional groups attached to an aromatic ring is 8. The number of phenolic OH excluding ortho intramolecular Hbond substituents is 1. The monoisotopic (exact) mass is 948 g/mol. The topological polar surface area (TPSA) is 455 Å². The van der Waals surface area contributed by atoms with E-state index in [2.05, 4.69) is 0 Å². The number of ether oxygens (including phenoxy) is 1. The molecule has 22 nitrogen and oxygen atoms in total. The van der Waals surface area contributed by atoms with Crippen molar-refractivity contribution in [3.05, 3.63) is 97.1 Å². The molecule has 0 aliphatic rings. The smallest absolute Gasteiger partial charge is 0.296 e. The normalized spacial score (nSPS) is 11.7. The Morgan fingerprint density at radius 2 is 0.968 bits per heavy atom. The lowest BCUT2D eigenvalue weighted by Gasteiger charge is -2.11. The molecule has 0 spiro atoms. The van der Waals surface area contributed by atoms with Crippen molar-refractivity contribution < 1.29 is 61.7 Å². The van der Waals surface area contributed by atoms with E-state index in [4.69, 9.17) is 68.8 Å². The van der Waals surface area contributed by atoms with Crippen LogP contribution in [0.15, 0.2) is 117 Å². The van der Waals surface area contributed by atoms with Gasteiger partial charge in [-0.15, -0.1) is 0 Å². The predicted octanol–water partition coefficient (Wildman–Crippen LogP) is 3.56. The Hall–Kier alpha value is -7.04. The third-order valence-corrected chi connectivity index (χ3v) is 12.3. The maximum Gasteiger partial charge on any atom is 0.296 e. The van der Waals surface area contributed by atoms with Crippen LogP contribution in [0.2, 0.25) is 0 Å². The molecule has 0 radical (unpaired) electrons. The fourth-order valence-electron chi connectivity index (χ4n) is 5.69. The van der Waals surface area contributed by atoms with Crippen molar-refractivity contribution in [2.75, 3.05) is 53.0 Å². The Balaban J connectivity index is 0.000000189. The minimum absolute atomic E-state index is 0.0372. The number of hydrogen-bond acceptors (Lipinski definition) is 18. The number of nitrogens with two attached hydrogens (primary N) is 8. The summed E-state index contributed by atoms with van der Waals surface area (Å²) in [5, 5.41) is 12.0. The summed E-state index contributed by atoms with van der Waals surface area (Å²) in [5.74, 6) is -0.134. The maximum absolute atomic E-state index is 11.2. The van der Waals surface area contributed by atoms with Gasteiger partial charge in [0.05, 0.1) is 40.4 Å². The minimum Gasteiger partial charge on any atom is -0.505 e. The van der Waals surface area contributed by atoms with E-state index >= 15 is 0 Å². The summed E-state index contributed by atoms with van der Waals surface area (Å²) in [6.45, 7) is 0. The van der Waals surface area contributed by atoms with Gasteiger partial charge in [-0.05, 0) is 77.5 Å². The molecule has 7 aromatic carbocycles. The summed E-state index contributed by atoms with van der Waals surface area (Å²) in [7, 11) is -16.3. The summed E-state index contributed by atoms with van der Waals surface area (Å²) in [6.07, 6.45) is 0.